The molecule has 4 rings (SSSR count). The van der Waals surface area contributed by atoms with Gasteiger partial charge in [-0.1, -0.05) is 182 Å². The highest BCUT2D eigenvalue weighted by atomic mass is 28.4. The highest BCUT2D eigenvalue weighted by Gasteiger charge is 2.43. The first-order chi connectivity index (χ1) is 18.3. The van der Waals surface area contributed by atoms with Crippen LogP contribution in [0.3, 0.4) is 0 Å². The first-order valence-corrected chi connectivity index (χ1v) is 16.1. The van der Waals surface area contributed by atoms with Crippen LogP contribution >= 0.6 is 0 Å². The van der Waals surface area contributed by atoms with E-state index in [-0.39, 0.29) is 29.7 Å². The molecule has 0 heterocycles. The van der Waals surface area contributed by atoms with E-state index in [1.165, 1.54) is 11.1 Å². The molecule has 0 aliphatic carbocycles. The fraction of sp³-hybridized carbons (Fsp3) is 0.368. The van der Waals surface area contributed by atoms with E-state index in [0.717, 1.165) is 23.6 Å². The molecular formula is C38H64O2Si. The van der Waals surface area contributed by atoms with Gasteiger partial charge in [-0.2, -0.15) is 0 Å². The standard InChI is InChI=1S/C26H24O2Si.4C2H6.4CH4/c1-5-13-23(14-6-1)21-29(22-24-15-7-2-8-16-24,27-25-17-9-3-10-18-25)28-26-19-11-4-12-20-26;4*1-2;;;;/h1-20H,21-22H2;4*1-2H3;4*1H4. The summed E-state index contributed by atoms with van der Waals surface area (Å²) in [4.78, 5) is 0. The molecule has 0 fully saturated rings. The van der Waals surface area contributed by atoms with Crippen LogP contribution in [0, 0.1) is 0 Å². The van der Waals surface area contributed by atoms with Gasteiger partial charge in [0, 0.05) is 12.1 Å². The molecular weight excluding hydrogens is 517 g/mol. The SMILES string of the molecule is C.C.C.C.CC.CC.CC.CC.c1ccc(C[Si](Cc2ccccc2)(Oc2ccccc2)Oc2ccccc2)cc1. The Balaban J connectivity index is -0.000000332. The van der Waals surface area contributed by atoms with Gasteiger partial charge in [0.05, 0.1) is 0 Å². The fourth-order valence-corrected chi connectivity index (χ4v) is 6.75. The van der Waals surface area contributed by atoms with Crippen LogP contribution in [0.25, 0.3) is 0 Å². The van der Waals surface area contributed by atoms with Crippen LogP contribution in [-0.4, -0.2) is 8.56 Å². The first-order valence-electron chi connectivity index (χ1n) is 13.9. The van der Waals surface area contributed by atoms with E-state index in [4.69, 9.17) is 8.85 Å². The maximum Gasteiger partial charge on any atom is 0.469 e. The minimum absolute atomic E-state index is 0. The zero-order valence-electron chi connectivity index (χ0n) is 24.3. The molecule has 0 saturated carbocycles. The molecule has 0 spiro atoms. The molecule has 41 heavy (non-hydrogen) atoms. The average Bonchev–Trinajstić information content (AvgIpc) is 2.99. The van der Waals surface area contributed by atoms with Crippen LogP contribution in [0.4, 0.5) is 0 Å². The Labute approximate surface area is 258 Å². The molecule has 0 unspecified atom stereocenters. The maximum absolute atomic E-state index is 6.73. The zero-order valence-corrected chi connectivity index (χ0v) is 25.3. The minimum atomic E-state index is -2.76. The van der Waals surface area contributed by atoms with Gasteiger partial charge in [-0.3, -0.25) is 0 Å². The predicted octanol–water partition coefficient (Wildman–Crippen LogP) is 12.8. The molecule has 3 heteroatoms. The molecule has 0 atom stereocenters. The van der Waals surface area contributed by atoms with Gasteiger partial charge in [-0.25, -0.2) is 0 Å². The quantitative estimate of drug-likeness (QED) is 0.193. The van der Waals surface area contributed by atoms with Crippen molar-refractivity contribution in [3.63, 3.8) is 0 Å². The molecule has 0 aliphatic rings. The normalized spacial score (nSPS) is 8.39. The van der Waals surface area contributed by atoms with E-state index in [2.05, 4.69) is 48.5 Å². The van der Waals surface area contributed by atoms with Crippen molar-refractivity contribution in [1.29, 1.82) is 0 Å². The van der Waals surface area contributed by atoms with Gasteiger partial charge in [0.15, 0.2) is 0 Å². The van der Waals surface area contributed by atoms with Crippen LogP contribution in [0.1, 0.15) is 96.2 Å². The van der Waals surface area contributed by atoms with Gasteiger partial charge in [0.1, 0.15) is 11.5 Å². The molecule has 4 aromatic carbocycles. The highest BCUT2D eigenvalue weighted by Crippen LogP contribution is 2.26. The average molecular weight is 581 g/mol. The Morgan fingerprint density at radius 2 is 0.585 bits per heavy atom. The molecule has 0 aliphatic heterocycles. The summed E-state index contributed by atoms with van der Waals surface area (Å²) >= 11 is 0. The van der Waals surface area contributed by atoms with Crippen molar-refractivity contribution in [3.05, 3.63) is 132 Å². The molecule has 232 valence electrons. The van der Waals surface area contributed by atoms with Crippen LogP contribution < -0.4 is 8.85 Å². The topological polar surface area (TPSA) is 18.5 Å². The summed E-state index contributed by atoms with van der Waals surface area (Å²) in [5.74, 6) is 1.70. The summed E-state index contributed by atoms with van der Waals surface area (Å²) in [5, 5.41) is 0. The largest absolute Gasteiger partial charge is 0.512 e. The Morgan fingerprint density at radius 1 is 0.366 bits per heavy atom. The van der Waals surface area contributed by atoms with Crippen LogP contribution in [0.2, 0.25) is 0 Å². The summed E-state index contributed by atoms with van der Waals surface area (Å²) in [5.41, 5.74) is 2.45. The van der Waals surface area contributed by atoms with E-state index in [1.807, 2.05) is 128 Å². The van der Waals surface area contributed by atoms with Crippen molar-refractivity contribution < 1.29 is 8.85 Å². The van der Waals surface area contributed by atoms with Crippen LogP contribution in [-0.2, 0) is 12.1 Å². The molecule has 4 aromatic rings. The number of hydrogen-bond acceptors (Lipinski definition) is 2. The second-order valence-electron chi connectivity index (χ2n) is 7.07. The highest BCUT2D eigenvalue weighted by molar-refractivity contribution is 6.67. The van der Waals surface area contributed by atoms with Gasteiger partial charge in [0.2, 0.25) is 0 Å². The molecule has 0 bridgehead atoms. The van der Waals surface area contributed by atoms with E-state index in [1.54, 1.807) is 0 Å². The number of hydrogen-bond donors (Lipinski definition) is 0. The molecule has 2 nitrogen and oxygen atoms in total. The summed E-state index contributed by atoms with van der Waals surface area (Å²) in [6.07, 6.45) is 0. The van der Waals surface area contributed by atoms with E-state index < -0.39 is 8.56 Å². The number of benzene rings is 4. The monoisotopic (exact) mass is 580 g/mol. The van der Waals surface area contributed by atoms with Crippen molar-refractivity contribution in [3.8, 4) is 11.5 Å². The van der Waals surface area contributed by atoms with Gasteiger partial charge >= 0.3 is 8.56 Å². The summed E-state index contributed by atoms with van der Waals surface area (Å²) in [6, 6.07) is 42.5. The third kappa shape index (κ3) is 18.6. The Bertz CT molecular complexity index is 820. The van der Waals surface area contributed by atoms with Crippen LogP contribution in [0.5, 0.6) is 11.5 Å². The van der Waals surface area contributed by atoms with Gasteiger partial charge in [-0.15, -0.1) is 0 Å². The number of rotatable bonds is 8. The van der Waals surface area contributed by atoms with Crippen LogP contribution in [0.15, 0.2) is 121 Å². The third-order valence-electron chi connectivity index (χ3n) is 4.73. The maximum atomic E-state index is 6.73. The Kier molecular flexibility index (Phi) is 36.2. The summed E-state index contributed by atoms with van der Waals surface area (Å²) in [6.45, 7) is 16.0. The fourth-order valence-electron chi connectivity index (χ4n) is 3.45. The van der Waals surface area contributed by atoms with Crippen molar-refractivity contribution in [2.24, 2.45) is 0 Å². The van der Waals surface area contributed by atoms with Crippen molar-refractivity contribution in [2.45, 2.75) is 97.2 Å². The minimum Gasteiger partial charge on any atom is -0.512 e. The third-order valence-corrected chi connectivity index (χ3v) is 7.84. The van der Waals surface area contributed by atoms with E-state index in [9.17, 15) is 0 Å². The van der Waals surface area contributed by atoms with Gasteiger partial charge in [0.25, 0.3) is 0 Å². The zero-order chi connectivity index (χ0) is 27.8. The summed E-state index contributed by atoms with van der Waals surface area (Å²) in [7, 11) is -2.76. The van der Waals surface area contributed by atoms with Gasteiger partial charge in [-0.05, 0) is 35.4 Å². The summed E-state index contributed by atoms with van der Waals surface area (Å²) < 4.78 is 13.5. The Morgan fingerprint density at radius 3 is 0.829 bits per heavy atom. The Hall–Kier alpha value is -3.30. The van der Waals surface area contributed by atoms with Gasteiger partial charge < -0.3 is 8.85 Å². The van der Waals surface area contributed by atoms with E-state index in [0.29, 0.717) is 0 Å². The molecule has 0 aromatic heterocycles. The lowest BCUT2D eigenvalue weighted by molar-refractivity contribution is 0.376. The predicted molar refractivity (Wildman–Crippen MR) is 193 cm³/mol. The molecule has 0 saturated heterocycles. The van der Waals surface area contributed by atoms with Crippen molar-refractivity contribution in [1.82, 2.24) is 0 Å². The first kappa shape index (κ1) is 47.5. The molecule has 0 N–H and O–H groups in total. The van der Waals surface area contributed by atoms with Crippen molar-refractivity contribution >= 4 is 8.56 Å². The number of para-hydroxylation sites is 2. The lowest BCUT2D eigenvalue weighted by Crippen LogP contribution is -2.54. The second kappa shape index (κ2) is 31.2. The lowest BCUT2D eigenvalue weighted by atomic mass is 10.2. The molecule has 0 radical (unpaired) electrons. The second-order valence-corrected chi connectivity index (χ2v) is 10.0. The lowest BCUT2D eigenvalue weighted by Gasteiger charge is -2.32. The van der Waals surface area contributed by atoms with E-state index >= 15 is 0 Å². The molecule has 0 amide bonds. The smallest absolute Gasteiger partial charge is 0.469 e. The van der Waals surface area contributed by atoms with Crippen molar-refractivity contribution in [2.75, 3.05) is 0 Å².